The zero-order valence-corrected chi connectivity index (χ0v) is 19.6. The number of hydrogen-bond acceptors (Lipinski definition) is 4. The number of ether oxygens (including phenoxy) is 1. The van der Waals surface area contributed by atoms with Crippen LogP contribution in [0.2, 0.25) is 0 Å². The van der Waals surface area contributed by atoms with Gasteiger partial charge in [0.1, 0.15) is 0 Å². The van der Waals surface area contributed by atoms with Crippen LogP contribution < -0.4 is 10.8 Å². The first-order valence-electron chi connectivity index (χ1n) is 9.94. The fraction of sp³-hybridized carbons (Fsp3) is 0.619. The van der Waals surface area contributed by atoms with Crippen molar-refractivity contribution < 1.29 is 18.4 Å². The number of halogens is 1. The molecular weight excluding hydrogens is 372 g/mol. The van der Waals surface area contributed by atoms with E-state index in [0.29, 0.717) is 0 Å². The molecule has 1 aromatic rings. The van der Waals surface area contributed by atoms with Crippen LogP contribution in [0.3, 0.4) is 0 Å². The molecule has 164 valence electrons. The molecule has 0 saturated carbocycles. The molecule has 0 unspecified atom stereocenters. The van der Waals surface area contributed by atoms with E-state index in [-0.39, 0.29) is 23.6 Å². The third kappa shape index (κ3) is 11.0. The molecule has 8 heteroatoms. The van der Waals surface area contributed by atoms with Crippen molar-refractivity contribution in [1.29, 1.82) is 0 Å². The van der Waals surface area contributed by atoms with Gasteiger partial charge in [0, 0.05) is 24.4 Å². The number of hydrogen-bond donors (Lipinski definition) is 1. The zero-order valence-electron chi connectivity index (χ0n) is 19.6. The zero-order chi connectivity index (χ0) is 22.6. The van der Waals surface area contributed by atoms with Gasteiger partial charge in [0.05, 0.1) is 7.11 Å². The number of rotatable bonds is 6. The monoisotopic (exact) mass is 409 g/mol. The van der Waals surface area contributed by atoms with Gasteiger partial charge in [-0.05, 0) is 64.7 Å². The minimum atomic E-state index is -0.806. The average Bonchev–Trinajstić information content (AvgIpc) is 2.64. The first kappa shape index (κ1) is 27.1. The molecule has 6 nitrogen and oxygen atoms in total. The van der Waals surface area contributed by atoms with E-state index in [4.69, 9.17) is 14.0 Å². The summed E-state index contributed by atoms with van der Waals surface area (Å²) in [6, 6.07) is 5.86. The van der Waals surface area contributed by atoms with Gasteiger partial charge in [0.25, 0.3) is 0 Å². The van der Waals surface area contributed by atoms with E-state index in [0.717, 1.165) is 16.7 Å². The van der Waals surface area contributed by atoms with Gasteiger partial charge in [-0.25, -0.2) is 4.39 Å². The smallest absolute Gasteiger partial charge is 0.482 e. The molecule has 29 heavy (non-hydrogen) atoms. The highest BCUT2D eigenvalue weighted by molar-refractivity contribution is 6.61. The van der Waals surface area contributed by atoms with Crippen molar-refractivity contribution in [1.82, 2.24) is 0 Å². The Labute approximate surface area is 176 Å². The van der Waals surface area contributed by atoms with Crippen LogP contribution in [0.5, 0.6) is 0 Å². The van der Waals surface area contributed by atoms with Gasteiger partial charge in [-0.3, -0.25) is 4.99 Å². The number of nitrogens with one attached hydrogen (secondary N) is 1. The number of aliphatic imine (C=N–C) groups is 2. The quantitative estimate of drug-likeness (QED) is 0.431. The summed E-state index contributed by atoms with van der Waals surface area (Å²) in [5.41, 5.74) is 2.27. The van der Waals surface area contributed by atoms with Crippen molar-refractivity contribution in [2.24, 2.45) is 9.98 Å². The summed E-state index contributed by atoms with van der Waals surface area (Å²) in [6.07, 6.45) is 0.000419. The highest BCUT2D eigenvalue weighted by atomic mass is 19.1. The molecule has 1 N–H and O–H groups in total. The van der Waals surface area contributed by atoms with Gasteiger partial charge in [0.15, 0.2) is 6.67 Å². The molecule has 0 spiro atoms. The highest BCUT2D eigenvalue weighted by Crippen LogP contribution is 2.15. The van der Waals surface area contributed by atoms with Crippen molar-refractivity contribution in [2.75, 3.05) is 26.1 Å². The number of nitrogens with zero attached hydrogens (tertiary/aromatic N) is 2. The highest BCUT2D eigenvalue weighted by Gasteiger charge is 2.29. The Morgan fingerprint density at radius 2 is 1.83 bits per heavy atom. The first-order chi connectivity index (χ1) is 13.6. The average molecular weight is 409 g/mol. The second kappa shape index (κ2) is 13.3. The van der Waals surface area contributed by atoms with Crippen LogP contribution in [-0.2, 0) is 14.0 Å². The summed E-state index contributed by atoms with van der Waals surface area (Å²) in [5.74, 6) is 0.201. The standard InChI is InChI=1S/C19H31BFN3O3.C2H6/c1-13(2)26-20(27-19(4,5)6)15-9-14(3)10-16(11-15)23-18(22-7)24-17(12-21)25-8;1-2/h9-11,13H,12H2,1-8H3,(H,22,23);1-2H3/b24-17+;. The molecule has 0 fully saturated rings. The number of anilines is 1. The molecular formula is C21H37BFN3O3. The third-order valence-corrected chi connectivity index (χ3v) is 3.28. The SMILES string of the molecule is CC.CN=C(/N=C(\CF)OC)Nc1cc(C)cc(B(OC(C)C)OC(C)(C)C)c1. The summed E-state index contributed by atoms with van der Waals surface area (Å²) < 4.78 is 29.8. The van der Waals surface area contributed by atoms with Gasteiger partial charge >= 0.3 is 7.12 Å². The normalized spacial score (nSPS) is 12.4. The lowest BCUT2D eigenvalue weighted by Crippen LogP contribution is -2.44. The van der Waals surface area contributed by atoms with Gasteiger partial charge in [-0.15, -0.1) is 0 Å². The molecule has 0 bridgehead atoms. The van der Waals surface area contributed by atoms with Crippen LogP contribution in [-0.4, -0.2) is 51.5 Å². The Morgan fingerprint density at radius 1 is 1.21 bits per heavy atom. The Hall–Kier alpha value is -1.93. The predicted octanol–water partition coefficient (Wildman–Crippen LogP) is 4.37. The van der Waals surface area contributed by atoms with E-state index >= 15 is 0 Å². The molecule has 0 amide bonds. The van der Waals surface area contributed by atoms with Crippen LogP contribution in [0, 0.1) is 6.92 Å². The van der Waals surface area contributed by atoms with E-state index in [1.54, 1.807) is 7.05 Å². The van der Waals surface area contributed by atoms with Crippen LogP contribution in [0.15, 0.2) is 28.2 Å². The molecule has 1 aromatic carbocycles. The number of guanidine groups is 1. The van der Waals surface area contributed by atoms with E-state index in [1.807, 2.05) is 73.6 Å². The van der Waals surface area contributed by atoms with E-state index in [2.05, 4.69) is 15.3 Å². The van der Waals surface area contributed by atoms with Crippen molar-refractivity contribution in [2.45, 2.75) is 67.1 Å². The molecule has 0 radical (unpaired) electrons. The molecule has 0 aliphatic rings. The van der Waals surface area contributed by atoms with Crippen molar-refractivity contribution in [3.63, 3.8) is 0 Å². The minimum absolute atomic E-state index is 0.000419. The van der Waals surface area contributed by atoms with Crippen LogP contribution >= 0.6 is 0 Å². The Morgan fingerprint density at radius 3 is 2.28 bits per heavy atom. The fourth-order valence-corrected chi connectivity index (χ4v) is 2.27. The maximum absolute atomic E-state index is 12.8. The molecule has 0 aliphatic heterocycles. The van der Waals surface area contributed by atoms with E-state index in [9.17, 15) is 4.39 Å². The Bertz CT molecular complexity index is 668. The lowest BCUT2D eigenvalue weighted by Gasteiger charge is -2.27. The Balaban J connectivity index is 0.00000379. The number of alkyl halides is 1. The number of benzene rings is 1. The molecule has 0 atom stereocenters. The second-order valence-corrected chi connectivity index (χ2v) is 7.39. The van der Waals surface area contributed by atoms with Gasteiger partial charge in [0.2, 0.25) is 11.9 Å². The van der Waals surface area contributed by atoms with Crippen molar-refractivity contribution in [3.05, 3.63) is 23.8 Å². The first-order valence-corrected chi connectivity index (χ1v) is 9.94. The topological polar surface area (TPSA) is 64.4 Å². The molecule has 1 rings (SSSR count). The molecule has 0 saturated heterocycles. The predicted molar refractivity (Wildman–Crippen MR) is 122 cm³/mol. The van der Waals surface area contributed by atoms with E-state index < -0.39 is 13.8 Å². The summed E-state index contributed by atoms with van der Waals surface area (Å²) in [5, 5.41) is 3.08. The van der Waals surface area contributed by atoms with E-state index in [1.165, 1.54) is 7.11 Å². The van der Waals surface area contributed by atoms with Crippen molar-refractivity contribution in [3.8, 4) is 0 Å². The van der Waals surface area contributed by atoms with Crippen LogP contribution in [0.1, 0.15) is 54.0 Å². The van der Waals surface area contributed by atoms with Gasteiger partial charge in [-0.2, -0.15) is 4.99 Å². The molecule has 0 aliphatic carbocycles. The van der Waals surface area contributed by atoms with Crippen molar-refractivity contribution >= 4 is 30.1 Å². The second-order valence-electron chi connectivity index (χ2n) is 7.39. The maximum atomic E-state index is 12.8. The van der Waals surface area contributed by atoms with Gasteiger partial charge in [-0.1, -0.05) is 19.9 Å². The number of aryl methyl sites for hydroxylation is 1. The summed E-state index contributed by atoms with van der Waals surface area (Å²) in [4.78, 5) is 8.07. The fourth-order valence-electron chi connectivity index (χ4n) is 2.27. The summed E-state index contributed by atoms with van der Waals surface area (Å²) in [7, 11) is 2.42. The van der Waals surface area contributed by atoms with Crippen LogP contribution in [0.4, 0.5) is 10.1 Å². The summed E-state index contributed by atoms with van der Waals surface area (Å²) in [6.45, 7) is 15.1. The minimum Gasteiger partial charge on any atom is -0.482 e. The van der Waals surface area contributed by atoms with Crippen LogP contribution in [0.25, 0.3) is 0 Å². The number of methoxy groups -OCH3 is 1. The van der Waals surface area contributed by atoms with Gasteiger partial charge < -0.3 is 19.4 Å². The third-order valence-electron chi connectivity index (χ3n) is 3.28. The molecule has 0 heterocycles. The maximum Gasteiger partial charge on any atom is 0.494 e. The lowest BCUT2D eigenvalue weighted by atomic mass is 9.76. The largest absolute Gasteiger partial charge is 0.494 e. The Kier molecular flexibility index (Phi) is 12.4. The molecule has 0 aromatic heterocycles. The summed E-state index contributed by atoms with van der Waals surface area (Å²) >= 11 is 0. The lowest BCUT2D eigenvalue weighted by molar-refractivity contribution is 0.0757.